The summed E-state index contributed by atoms with van der Waals surface area (Å²) in [6.45, 7) is 12.5. The lowest BCUT2D eigenvalue weighted by atomic mass is 10.1. The highest BCUT2D eigenvalue weighted by Crippen LogP contribution is 2.11. The van der Waals surface area contributed by atoms with Crippen LogP contribution in [-0.2, 0) is 17.9 Å². The molecule has 1 rings (SSSR count). The Morgan fingerprint density at radius 1 is 1.42 bits per heavy atom. The molecule has 1 heterocycles. The van der Waals surface area contributed by atoms with Gasteiger partial charge in [-0.25, -0.2) is 4.98 Å². The van der Waals surface area contributed by atoms with Crippen molar-refractivity contribution in [1.82, 2.24) is 9.55 Å². The third-order valence-corrected chi connectivity index (χ3v) is 4.60. The number of aromatic nitrogens is 2. The van der Waals surface area contributed by atoms with Crippen molar-refractivity contribution in [1.29, 1.82) is 0 Å². The van der Waals surface area contributed by atoms with Crippen LogP contribution in [0.2, 0.25) is 25.7 Å². The molecule has 0 atom stereocenters. The molecule has 1 aromatic rings. The zero-order chi connectivity index (χ0) is 14.5. The van der Waals surface area contributed by atoms with E-state index in [0.29, 0.717) is 18.3 Å². The van der Waals surface area contributed by atoms with Crippen molar-refractivity contribution < 1.29 is 9.53 Å². The lowest BCUT2D eigenvalue weighted by molar-refractivity contribution is 0.0813. The van der Waals surface area contributed by atoms with Crippen LogP contribution >= 0.6 is 0 Å². The summed E-state index contributed by atoms with van der Waals surface area (Å²) >= 11 is 0. The second-order valence-corrected chi connectivity index (χ2v) is 12.2. The molecule has 0 aromatic carbocycles. The van der Waals surface area contributed by atoms with Crippen LogP contribution in [-0.4, -0.2) is 30.5 Å². The van der Waals surface area contributed by atoms with Gasteiger partial charge in [0.1, 0.15) is 18.2 Å². The Balaban J connectivity index is 2.60. The number of hydrogen-bond acceptors (Lipinski definition) is 3. The van der Waals surface area contributed by atoms with Gasteiger partial charge >= 0.3 is 0 Å². The van der Waals surface area contributed by atoms with E-state index in [9.17, 15) is 4.79 Å². The summed E-state index contributed by atoms with van der Waals surface area (Å²) in [4.78, 5) is 15.3. The van der Waals surface area contributed by atoms with Gasteiger partial charge in [0.2, 0.25) is 0 Å². The van der Waals surface area contributed by atoms with Gasteiger partial charge in [-0.3, -0.25) is 4.79 Å². The topological polar surface area (TPSA) is 44.1 Å². The molecule has 108 valence electrons. The molecule has 1 aromatic heterocycles. The molecular formula is C14H26N2O2Si. The maximum absolute atomic E-state index is 11.0. The molecule has 0 aliphatic heterocycles. The molecule has 0 saturated heterocycles. The number of imidazole rings is 1. The van der Waals surface area contributed by atoms with Crippen LogP contribution in [0, 0.1) is 5.92 Å². The fourth-order valence-electron chi connectivity index (χ4n) is 1.73. The minimum atomic E-state index is -1.06. The first-order chi connectivity index (χ1) is 8.83. The summed E-state index contributed by atoms with van der Waals surface area (Å²) in [5.41, 5.74) is 0.601. The van der Waals surface area contributed by atoms with Crippen molar-refractivity contribution >= 4 is 14.4 Å². The Morgan fingerprint density at radius 3 is 2.63 bits per heavy atom. The van der Waals surface area contributed by atoms with Crippen molar-refractivity contribution in [3.63, 3.8) is 0 Å². The second-order valence-electron chi connectivity index (χ2n) is 6.59. The molecule has 0 fully saturated rings. The van der Waals surface area contributed by atoms with Crippen LogP contribution in [0.25, 0.3) is 0 Å². The Bertz CT molecular complexity index is 408. The maximum atomic E-state index is 11.0. The van der Waals surface area contributed by atoms with Gasteiger partial charge in [-0.2, -0.15) is 0 Å². The minimum Gasteiger partial charge on any atom is -0.361 e. The van der Waals surface area contributed by atoms with Gasteiger partial charge in [0.15, 0.2) is 6.29 Å². The molecule has 5 heteroatoms. The predicted octanol–water partition coefficient (Wildman–Crippen LogP) is 3.21. The highest BCUT2D eigenvalue weighted by Gasteiger charge is 2.14. The Hall–Kier alpha value is -0.943. The second kappa shape index (κ2) is 7.00. The summed E-state index contributed by atoms with van der Waals surface area (Å²) in [5, 5.41) is 0. The van der Waals surface area contributed by atoms with Crippen LogP contribution in [0.5, 0.6) is 0 Å². The summed E-state index contributed by atoms with van der Waals surface area (Å²) < 4.78 is 7.60. The molecule has 0 unspecified atom stereocenters. The van der Waals surface area contributed by atoms with Crippen LogP contribution in [0.1, 0.15) is 30.2 Å². The zero-order valence-corrected chi connectivity index (χ0v) is 13.8. The smallest absolute Gasteiger partial charge is 0.168 e. The van der Waals surface area contributed by atoms with Crippen LogP contribution in [0.4, 0.5) is 0 Å². The van der Waals surface area contributed by atoms with Crippen molar-refractivity contribution in [3.05, 3.63) is 17.7 Å². The van der Waals surface area contributed by atoms with Gasteiger partial charge in [-0.15, -0.1) is 0 Å². The highest BCUT2D eigenvalue weighted by molar-refractivity contribution is 6.76. The lowest BCUT2D eigenvalue weighted by Gasteiger charge is -2.16. The number of ether oxygens (including phenoxy) is 1. The summed E-state index contributed by atoms with van der Waals surface area (Å²) in [5.74, 6) is 1.45. The first kappa shape index (κ1) is 16.1. The third-order valence-electron chi connectivity index (χ3n) is 2.90. The standard InChI is InChI=1S/C14H26N2O2Si/c1-12(2)8-14-15-9-13(10-17)16(14)11-18-6-7-19(3,4)5/h9-10,12H,6-8,11H2,1-5H3. The predicted molar refractivity (Wildman–Crippen MR) is 80.3 cm³/mol. The minimum absolute atomic E-state index is 0.431. The average Bonchev–Trinajstić information content (AvgIpc) is 2.65. The SMILES string of the molecule is CC(C)Cc1ncc(C=O)n1COCC[Si](C)(C)C. The zero-order valence-electron chi connectivity index (χ0n) is 12.8. The number of aldehydes is 1. The molecule has 19 heavy (non-hydrogen) atoms. The average molecular weight is 282 g/mol. The maximum Gasteiger partial charge on any atom is 0.168 e. The summed E-state index contributed by atoms with van der Waals surface area (Å²) in [7, 11) is -1.06. The number of carbonyl (C=O) groups is 1. The van der Waals surface area contributed by atoms with Crippen molar-refractivity contribution in [2.45, 2.75) is 52.7 Å². The molecule has 0 aliphatic carbocycles. The molecule has 0 N–H and O–H groups in total. The van der Waals surface area contributed by atoms with Gasteiger partial charge in [0.25, 0.3) is 0 Å². The van der Waals surface area contributed by atoms with Gasteiger partial charge in [0.05, 0.1) is 6.20 Å². The summed E-state index contributed by atoms with van der Waals surface area (Å²) in [6, 6.07) is 1.14. The Morgan fingerprint density at radius 2 is 2.11 bits per heavy atom. The van der Waals surface area contributed by atoms with Crippen molar-refractivity contribution in [2.75, 3.05) is 6.61 Å². The molecule has 0 saturated carbocycles. The van der Waals surface area contributed by atoms with Gasteiger partial charge in [-0.05, 0) is 12.0 Å². The molecule has 0 amide bonds. The van der Waals surface area contributed by atoms with E-state index < -0.39 is 8.07 Å². The molecule has 0 aliphatic rings. The normalized spacial score (nSPS) is 12.1. The van der Waals surface area contributed by atoms with Crippen LogP contribution in [0.15, 0.2) is 6.20 Å². The Kier molecular flexibility index (Phi) is 5.94. The number of nitrogens with zero attached hydrogens (tertiary/aromatic N) is 2. The quantitative estimate of drug-likeness (QED) is 0.418. The molecule has 0 radical (unpaired) electrons. The van der Waals surface area contributed by atoms with Gasteiger partial charge in [-0.1, -0.05) is 33.5 Å². The van der Waals surface area contributed by atoms with E-state index in [4.69, 9.17) is 4.74 Å². The van der Waals surface area contributed by atoms with E-state index in [-0.39, 0.29) is 0 Å². The van der Waals surface area contributed by atoms with Crippen molar-refractivity contribution in [2.24, 2.45) is 5.92 Å². The monoisotopic (exact) mass is 282 g/mol. The third kappa shape index (κ3) is 5.70. The van der Waals surface area contributed by atoms with E-state index in [0.717, 1.165) is 31.2 Å². The highest BCUT2D eigenvalue weighted by atomic mass is 28.3. The molecular weight excluding hydrogens is 256 g/mol. The number of rotatable bonds is 8. The first-order valence-corrected chi connectivity index (χ1v) is 10.6. The lowest BCUT2D eigenvalue weighted by Crippen LogP contribution is -2.22. The molecule has 4 nitrogen and oxygen atoms in total. The molecule has 0 bridgehead atoms. The van der Waals surface area contributed by atoms with Gasteiger partial charge in [0, 0.05) is 21.1 Å². The van der Waals surface area contributed by atoms with E-state index >= 15 is 0 Å². The van der Waals surface area contributed by atoms with E-state index in [1.165, 1.54) is 0 Å². The van der Waals surface area contributed by atoms with E-state index in [2.05, 4.69) is 38.5 Å². The number of hydrogen-bond donors (Lipinski definition) is 0. The fraction of sp³-hybridized carbons (Fsp3) is 0.714. The van der Waals surface area contributed by atoms with Crippen LogP contribution < -0.4 is 0 Å². The van der Waals surface area contributed by atoms with Gasteiger partial charge < -0.3 is 9.30 Å². The van der Waals surface area contributed by atoms with E-state index in [1.807, 2.05) is 4.57 Å². The summed E-state index contributed by atoms with van der Waals surface area (Å²) in [6.07, 6.45) is 3.34. The Labute approximate surface area is 117 Å². The number of carbonyl (C=O) groups excluding carboxylic acids is 1. The molecule has 0 spiro atoms. The van der Waals surface area contributed by atoms with Crippen molar-refractivity contribution in [3.8, 4) is 0 Å². The fourth-order valence-corrected chi connectivity index (χ4v) is 2.49. The van der Waals surface area contributed by atoms with E-state index in [1.54, 1.807) is 6.20 Å². The first-order valence-electron chi connectivity index (χ1n) is 6.91. The van der Waals surface area contributed by atoms with Crippen LogP contribution in [0.3, 0.4) is 0 Å². The largest absolute Gasteiger partial charge is 0.361 e.